The van der Waals surface area contributed by atoms with Crippen LogP contribution in [0.4, 0.5) is 11.6 Å². The van der Waals surface area contributed by atoms with Crippen molar-refractivity contribution >= 4 is 40.3 Å². The predicted molar refractivity (Wildman–Crippen MR) is 126 cm³/mol. The lowest BCUT2D eigenvalue weighted by Gasteiger charge is -2.21. The molecule has 3 aromatic rings. The van der Waals surface area contributed by atoms with Crippen LogP contribution in [0.15, 0.2) is 41.6 Å². The molecule has 1 amide bonds. The molecular formula is C23H28N6OS. The predicted octanol–water partition coefficient (Wildman–Crippen LogP) is 4.00. The highest BCUT2D eigenvalue weighted by Gasteiger charge is 2.24. The van der Waals surface area contributed by atoms with Gasteiger partial charge in [-0.1, -0.05) is 23.9 Å². The van der Waals surface area contributed by atoms with E-state index in [-0.39, 0.29) is 5.91 Å². The lowest BCUT2D eigenvalue weighted by molar-refractivity contribution is 0.0793. The number of carbonyl (C=O) groups is 1. The van der Waals surface area contributed by atoms with Gasteiger partial charge in [-0.2, -0.15) is 0 Å². The smallest absolute Gasteiger partial charge is 0.257 e. The van der Waals surface area contributed by atoms with Crippen molar-refractivity contribution in [2.75, 3.05) is 48.7 Å². The third-order valence-electron chi connectivity index (χ3n) is 5.94. The average molecular weight is 437 g/mol. The third-order valence-corrected chi connectivity index (χ3v) is 6.81. The molecule has 2 fully saturated rings. The molecule has 0 atom stereocenters. The number of hydrogen-bond acceptors (Lipinski definition) is 6. The summed E-state index contributed by atoms with van der Waals surface area (Å²) in [6.45, 7) is 4.46. The zero-order chi connectivity index (χ0) is 21.0. The molecule has 31 heavy (non-hydrogen) atoms. The minimum atomic E-state index is 0.0883. The molecule has 2 N–H and O–H groups in total. The van der Waals surface area contributed by atoms with Crippen LogP contribution in [0.3, 0.4) is 0 Å². The van der Waals surface area contributed by atoms with Crippen molar-refractivity contribution in [2.45, 2.75) is 30.8 Å². The summed E-state index contributed by atoms with van der Waals surface area (Å²) in [6, 6.07) is 12.0. The van der Waals surface area contributed by atoms with E-state index in [0.29, 0.717) is 17.9 Å². The van der Waals surface area contributed by atoms with Crippen molar-refractivity contribution in [1.82, 2.24) is 19.9 Å². The van der Waals surface area contributed by atoms with E-state index in [1.54, 1.807) is 11.8 Å². The topological polar surface area (TPSA) is 77.1 Å². The molecule has 2 saturated heterocycles. The first-order valence-electron chi connectivity index (χ1n) is 11.1. The Morgan fingerprint density at radius 1 is 1.00 bits per heavy atom. The van der Waals surface area contributed by atoms with Crippen LogP contribution >= 0.6 is 11.8 Å². The van der Waals surface area contributed by atoms with Crippen LogP contribution in [-0.2, 0) is 0 Å². The number of H-pyrrole nitrogens is 1. The standard InChI is InChI=1S/C23H28N6OS/c30-22(29-14-5-6-15-29)17-9-10-20(28-12-3-4-13-28)27-21(17)24-11-16-31-23-25-18-7-1-2-8-19(18)26-23/h1-2,7-10H,3-6,11-16H2,(H,24,27)(H,25,26). The number of carbonyl (C=O) groups excluding carboxylic acids is 1. The molecular weight excluding hydrogens is 408 g/mol. The minimum absolute atomic E-state index is 0.0883. The molecule has 4 heterocycles. The highest BCUT2D eigenvalue weighted by atomic mass is 32.2. The summed E-state index contributed by atoms with van der Waals surface area (Å²) in [5, 5.41) is 4.35. The number of rotatable bonds is 7. The fraction of sp³-hybridized carbons (Fsp3) is 0.435. The van der Waals surface area contributed by atoms with Crippen molar-refractivity contribution in [3.05, 3.63) is 42.0 Å². The number of thioether (sulfide) groups is 1. The summed E-state index contributed by atoms with van der Waals surface area (Å²) >= 11 is 1.67. The van der Waals surface area contributed by atoms with Crippen LogP contribution in [0.2, 0.25) is 0 Å². The van der Waals surface area contributed by atoms with Crippen molar-refractivity contribution in [3.63, 3.8) is 0 Å². The Morgan fingerprint density at radius 3 is 2.58 bits per heavy atom. The molecule has 7 nitrogen and oxygen atoms in total. The monoisotopic (exact) mass is 436 g/mol. The van der Waals surface area contributed by atoms with Gasteiger partial charge in [0.15, 0.2) is 5.16 Å². The Balaban J connectivity index is 1.28. The van der Waals surface area contributed by atoms with E-state index in [0.717, 1.165) is 66.8 Å². The largest absolute Gasteiger partial charge is 0.368 e. The maximum absolute atomic E-state index is 13.1. The van der Waals surface area contributed by atoms with E-state index in [4.69, 9.17) is 4.98 Å². The van der Waals surface area contributed by atoms with Crippen molar-refractivity contribution < 1.29 is 4.79 Å². The second-order valence-corrected chi connectivity index (χ2v) is 9.18. The summed E-state index contributed by atoms with van der Waals surface area (Å²) in [6.07, 6.45) is 4.57. The molecule has 162 valence electrons. The number of amides is 1. The summed E-state index contributed by atoms with van der Waals surface area (Å²) in [7, 11) is 0. The van der Waals surface area contributed by atoms with Crippen LogP contribution in [0, 0.1) is 0 Å². The van der Waals surface area contributed by atoms with Gasteiger partial charge in [-0.15, -0.1) is 0 Å². The lowest BCUT2D eigenvalue weighted by atomic mass is 10.2. The molecule has 2 aromatic heterocycles. The quantitative estimate of drug-likeness (QED) is 0.431. The number of imidazole rings is 1. The molecule has 0 bridgehead atoms. The molecule has 0 saturated carbocycles. The normalized spacial score (nSPS) is 16.4. The number of aromatic amines is 1. The number of benzene rings is 1. The number of anilines is 2. The number of nitrogens with zero attached hydrogens (tertiary/aromatic N) is 4. The van der Waals surface area contributed by atoms with Gasteiger partial charge in [0.25, 0.3) is 5.91 Å². The number of hydrogen-bond donors (Lipinski definition) is 2. The van der Waals surface area contributed by atoms with Gasteiger partial charge in [0.1, 0.15) is 11.6 Å². The van der Waals surface area contributed by atoms with Crippen molar-refractivity contribution in [2.24, 2.45) is 0 Å². The Labute approximate surface area is 186 Å². The molecule has 5 rings (SSSR count). The SMILES string of the molecule is O=C(c1ccc(N2CCCC2)nc1NCCSc1nc2ccccc2[nH]1)N1CCCC1. The molecule has 8 heteroatoms. The summed E-state index contributed by atoms with van der Waals surface area (Å²) in [5.74, 6) is 2.58. The zero-order valence-corrected chi connectivity index (χ0v) is 18.5. The van der Waals surface area contributed by atoms with Crippen LogP contribution < -0.4 is 10.2 Å². The van der Waals surface area contributed by atoms with Gasteiger partial charge in [0.05, 0.1) is 16.6 Å². The van der Waals surface area contributed by atoms with Gasteiger partial charge in [-0.25, -0.2) is 9.97 Å². The van der Waals surface area contributed by atoms with E-state index in [1.165, 1.54) is 12.8 Å². The van der Waals surface area contributed by atoms with Gasteiger partial charge in [-0.3, -0.25) is 4.79 Å². The number of para-hydroxylation sites is 2. The first kappa shape index (κ1) is 20.2. The Hall–Kier alpha value is -2.74. The molecule has 0 spiro atoms. The fourth-order valence-electron chi connectivity index (χ4n) is 4.28. The maximum atomic E-state index is 13.1. The van der Waals surface area contributed by atoms with Crippen molar-refractivity contribution in [1.29, 1.82) is 0 Å². The van der Waals surface area contributed by atoms with Gasteiger partial charge < -0.3 is 20.1 Å². The highest BCUT2D eigenvalue weighted by Crippen LogP contribution is 2.25. The second kappa shape index (κ2) is 9.18. The number of aromatic nitrogens is 3. The molecule has 2 aliphatic heterocycles. The van der Waals surface area contributed by atoms with E-state index in [1.807, 2.05) is 41.3 Å². The minimum Gasteiger partial charge on any atom is -0.368 e. The Bertz CT molecular complexity index is 1020. The van der Waals surface area contributed by atoms with Gasteiger partial charge in [-0.05, 0) is 49.9 Å². The molecule has 2 aliphatic rings. The third kappa shape index (κ3) is 4.49. The number of nitrogens with one attached hydrogen (secondary N) is 2. The highest BCUT2D eigenvalue weighted by molar-refractivity contribution is 7.99. The van der Waals surface area contributed by atoms with Gasteiger partial charge in [0.2, 0.25) is 0 Å². The Kier molecular flexibility index (Phi) is 5.97. The van der Waals surface area contributed by atoms with Crippen molar-refractivity contribution in [3.8, 4) is 0 Å². The number of fused-ring (bicyclic) bond motifs is 1. The summed E-state index contributed by atoms with van der Waals surface area (Å²) in [5.41, 5.74) is 2.71. The Morgan fingerprint density at radius 2 is 1.77 bits per heavy atom. The summed E-state index contributed by atoms with van der Waals surface area (Å²) < 4.78 is 0. The first-order valence-corrected chi connectivity index (χ1v) is 12.1. The molecule has 0 unspecified atom stereocenters. The van der Waals surface area contributed by atoms with E-state index in [9.17, 15) is 4.79 Å². The van der Waals surface area contributed by atoms with Gasteiger partial charge >= 0.3 is 0 Å². The maximum Gasteiger partial charge on any atom is 0.257 e. The van der Waals surface area contributed by atoms with Crippen LogP contribution in [0.1, 0.15) is 36.0 Å². The van der Waals surface area contributed by atoms with Crippen LogP contribution in [-0.4, -0.2) is 64.2 Å². The summed E-state index contributed by atoms with van der Waals surface area (Å²) in [4.78, 5) is 30.1. The number of pyridine rings is 1. The van der Waals surface area contributed by atoms with Gasteiger partial charge in [0, 0.05) is 38.5 Å². The van der Waals surface area contributed by atoms with E-state index >= 15 is 0 Å². The first-order chi connectivity index (χ1) is 15.3. The number of likely N-dealkylation sites (tertiary alicyclic amines) is 1. The molecule has 0 radical (unpaired) electrons. The lowest BCUT2D eigenvalue weighted by Crippen LogP contribution is -2.29. The second-order valence-electron chi connectivity index (χ2n) is 8.09. The van der Waals surface area contributed by atoms with Crippen LogP contribution in [0.25, 0.3) is 11.0 Å². The fourth-order valence-corrected chi connectivity index (χ4v) is 5.03. The molecule has 1 aromatic carbocycles. The molecule has 0 aliphatic carbocycles. The zero-order valence-electron chi connectivity index (χ0n) is 17.6. The van der Waals surface area contributed by atoms with Crippen LogP contribution in [0.5, 0.6) is 0 Å². The van der Waals surface area contributed by atoms with E-state index < -0.39 is 0 Å². The van der Waals surface area contributed by atoms with E-state index in [2.05, 4.69) is 20.2 Å². The average Bonchev–Trinajstić information content (AvgIpc) is 3.57.